The molecule has 19 heavy (non-hydrogen) atoms. The number of aliphatic hydroxyl groups excluding tert-OH is 1. The van der Waals surface area contributed by atoms with Crippen molar-refractivity contribution in [3.63, 3.8) is 0 Å². The maximum atomic E-state index is 10.0. The fourth-order valence-corrected chi connectivity index (χ4v) is 2.87. The van der Waals surface area contributed by atoms with Gasteiger partial charge in [-0.3, -0.25) is 0 Å². The van der Waals surface area contributed by atoms with Gasteiger partial charge in [0.1, 0.15) is 0 Å². The summed E-state index contributed by atoms with van der Waals surface area (Å²) >= 11 is 3.26. The molecule has 0 radical (unpaired) electrons. The van der Waals surface area contributed by atoms with E-state index in [-0.39, 0.29) is 11.1 Å². The Labute approximate surface area is 127 Å². The summed E-state index contributed by atoms with van der Waals surface area (Å²) in [7, 11) is -0.0930. The van der Waals surface area contributed by atoms with E-state index in [9.17, 15) is 5.11 Å². The lowest BCUT2D eigenvalue weighted by atomic mass is 10.1. The van der Waals surface area contributed by atoms with Gasteiger partial charge in [0.25, 0.3) is 0 Å². The van der Waals surface area contributed by atoms with Crippen LogP contribution in [0.4, 0.5) is 0 Å². The van der Waals surface area contributed by atoms with Gasteiger partial charge in [-0.25, -0.2) is 0 Å². The zero-order valence-electron chi connectivity index (χ0n) is 13.1. The summed E-state index contributed by atoms with van der Waals surface area (Å²) in [6.45, 7) is 15.5. The standard InChI is InChI=1S/C14H29BrO3Si/c1-11(15)10-12(16)13(17-5)8-9-18-19(6,7)14(2,3)4/h12-13,16H,1,8-10H2,2-7H3/t12-,13-/m0/s1. The second-order valence-electron chi connectivity index (χ2n) is 6.46. The molecular weight excluding hydrogens is 324 g/mol. The predicted octanol–water partition coefficient (Wildman–Crippen LogP) is 4.07. The first-order valence-electron chi connectivity index (χ1n) is 6.69. The minimum absolute atomic E-state index is 0.207. The molecule has 0 bridgehead atoms. The van der Waals surface area contributed by atoms with Crippen LogP contribution in [0.25, 0.3) is 0 Å². The molecule has 0 aliphatic rings. The Morgan fingerprint density at radius 3 is 2.26 bits per heavy atom. The van der Waals surface area contributed by atoms with Crippen LogP contribution in [0.5, 0.6) is 0 Å². The van der Waals surface area contributed by atoms with Crippen molar-refractivity contribution in [3.8, 4) is 0 Å². The van der Waals surface area contributed by atoms with Crippen molar-refractivity contribution < 1.29 is 14.3 Å². The van der Waals surface area contributed by atoms with Gasteiger partial charge in [-0.05, 0) is 29.0 Å². The summed E-state index contributed by atoms with van der Waals surface area (Å²) in [6, 6.07) is 0. The van der Waals surface area contributed by atoms with E-state index in [1.165, 1.54) is 0 Å². The number of halogens is 1. The Balaban J connectivity index is 4.27. The van der Waals surface area contributed by atoms with E-state index in [1.54, 1.807) is 7.11 Å². The van der Waals surface area contributed by atoms with Gasteiger partial charge in [-0.1, -0.05) is 43.3 Å². The summed E-state index contributed by atoms with van der Waals surface area (Å²) in [5.74, 6) is 0. The van der Waals surface area contributed by atoms with Gasteiger partial charge >= 0.3 is 0 Å². The molecule has 0 aromatic carbocycles. The summed E-state index contributed by atoms with van der Waals surface area (Å²) in [4.78, 5) is 0. The molecule has 114 valence electrons. The van der Waals surface area contributed by atoms with Gasteiger partial charge in [0, 0.05) is 20.1 Å². The molecule has 0 rings (SSSR count). The smallest absolute Gasteiger partial charge is 0.191 e. The zero-order valence-corrected chi connectivity index (χ0v) is 15.7. The third kappa shape index (κ3) is 7.04. The molecule has 0 saturated carbocycles. The monoisotopic (exact) mass is 352 g/mol. The maximum absolute atomic E-state index is 10.0. The molecule has 0 aliphatic carbocycles. The molecule has 0 amide bonds. The fraction of sp³-hybridized carbons (Fsp3) is 0.857. The third-order valence-corrected chi connectivity index (χ3v) is 8.70. The van der Waals surface area contributed by atoms with Crippen LogP contribution in [0.2, 0.25) is 18.1 Å². The van der Waals surface area contributed by atoms with Crippen LogP contribution in [0, 0.1) is 0 Å². The Bertz CT molecular complexity index is 287. The van der Waals surface area contributed by atoms with E-state index in [1.807, 2.05) is 0 Å². The van der Waals surface area contributed by atoms with Gasteiger partial charge in [-0.15, -0.1) is 0 Å². The van der Waals surface area contributed by atoms with E-state index in [2.05, 4.69) is 56.4 Å². The third-order valence-electron chi connectivity index (χ3n) is 3.83. The van der Waals surface area contributed by atoms with E-state index in [4.69, 9.17) is 9.16 Å². The molecule has 0 spiro atoms. The predicted molar refractivity (Wildman–Crippen MR) is 87.3 cm³/mol. The molecule has 1 N–H and O–H groups in total. The average molecular weight is 353 g/mol. The molecule has 0 fully saturated rings. The number of hydrogen-bond acceptors (Lipinski definition) is 3. The second kappa shape index (κ2) is 7.93. The van der Waals surface area contributed by atoms with Crippen molar-refractivity contribution >= 4 is 24.2 Å². The quantitative estimate of drug-likeness (QED) is 0.669. The second-order valence-corrected chi connectivity index (χ2v) is 12.4. The first-order valence-corrected chi connectivity index (χ1v) is 10.4. The van der Waals surface area contributed by atoms with E-state index >= 15 is 0 Å². The summed E-state index contributed by atoms with van der Waals surface area (Å²) in [5.41, 5.74) is 0. The summed E-state index contributed by atoms with van der Waals surface area (Å²) in [5, 5.41) is 10.2. The van der Waals surface area contributed by atoms with Gasteiger partial charge in [-0.2, -0.15) is 0 Å². The highest BCUT2D eigenvalue weighted by atomic mass is 79.9. The van der Waals surface area contributed by atoms with E-state index in [0.717, 1.165) is 4.48 Å². The highest BCUT2D eigenvalue weighted by Gasteiger charge is 2.37. The molecule has 0 aliphatic heterocycles. The van der Waals surface area contributed by atoms with Crippen LogP contribution in [0.1, 0.15) is 33.6 Å². The molecule has 5 heteroatoms. The van der Waals surface area contributed by atoms with Crippen molar-refractivity contribution in [2.75, 3.05) is 13.7 Å². The maximum Gasteiger partial charge on any atom is 0.191 e. The van der Waals surface area contributed by atoms with Gasteiger partial charge in [0.05, 0.1) is 12.2 Å². The van der Waals surface area contributed by atoms with Gasteiger partial charge in [0.2, 0.25) is 0 Å². The lowest BCUT2D eigenvalue weighted by Crippen LogP contribution is -2.42. The first kappa shape index (κ1) is 19.3. The van der Waals surface area contributed by atoms with Crippen LogP contribution >= 0.6 is 15.9 Å². The fourth-order valence-electron chi connectivity index (χ4n) is 1.47. The number of methoxy groups -OCH3 is 1. The number of hydrogen-bond donors (Lipinski definition) is 1. The lowest BCUT2D eigenvalue weighted by molar-refractivity contribution is -0.0214. The molecule has 2 atom stereocenters. The van der Waals surface area contributed by atoms with Crippen LogP contribution < -0.4 is 0 Å². The Morgan fingerprint density at radius 1 is 1.37 bits per heavy atom. The van der Waals surface area contributed by atoms with Crippen molar-refractivity contribution in [1.29, 1.82) is 0 Å². The summed E-state index contributed by atoms with van der Waals surface area (Å²) < 4.78 is 12.2. The Morgan fingerprint density at radius 2 is 1.89 bits per heavy atom. The van der Waals surface area contributed by atoms with Gasteiger partial charge < -0.3 is 14.3 Å². The molecule has 0 saturated heterocycles. The van der Waals surface area contributed by atoms with Crippen LogP contribution in [-0.4, -0.2) is 39.3 Å². The zero-order chi connectivity index (χ0) is 15.3. The SMILES string of the molecule is C=C(Br)C[C@H](O)[C@H](CCO[Si](C)(C)C(C)(C)C)OC. The molecular formula is C14H29BrO3Si. The summed E-state index contributed by atoms with van der Waals surface area (Å²) in [6.07, 6.45) is 0.447. The van der Waals surface area contributed by atoms with Crippen LogP contribution in [0.3, 0.4) is 0 Å². The van der Waals surface area contributed by atoms with Crippen molar-refractivity contribution in [3.05, 3.63) is 11.1 Å². The number of aliphatic hydroxyl groups is 1. The highest BCUT2D eigenvalue weighted by Crippen LogP contribution is 2.36. The Hall–Kier alpha value is 0.317. The normalized spacial score (nSPS) is 16.2. The lowest BCUT2D eigenvalue weighted by Gasteiger charge is -2.36. The van der Waals surface area contributed by atoms with E-state index < -0.39 is 14.4 Å². The molecule has 3 nitrogen and oxygen atoms in total. The van der Waals surface area contributed by atoms with Crippen molar-refractivity contribution in [2.24, 2.45) is 0 Å². The Kier molecular flexibility index (Phi) is 8.06. The van der Waals surface area contributed by atoms with Crippen molar-refractivity contribution in [2.45, 2.75) is 64.0 Å². The largest absolute Gasteiger partial charge is 0.417 e. The number of ether oxygens (including phenoxy) is 1. The average Bonchev–Trinajstić information content (AvgIpc) is 2.21. The van der Waals surface area contributed by atoms with Gasteiger partial charge in [0.15, 0.2) is 8.32 Å². The molecule has 0 aromatic rings. The minimum Gasteiger partial charge on any atom is -0.417 e. The number of rotatable bonds is 8. The van der Waals surface area contributed by atoms with Crippen molar-refractivity contribution in [1.82, 2.24) is 0 Å². The topological polar surface area (TPSA) is 38.7 Å². The molecule has 0 unspecified atom stereocenters. The van der Waals surface area contributed by atoms with Crippen LogP contribution in [0.15, 0.2) is 11.1 Å². The first-order chi connectivity index (χ1) is 8.51. The van der Waals surface area contributed by atoms with E-state index in [0.29, 0.717) is 19.4 Å². The molecule has 0 aromatic heterocycles. The highest BCUT2D eigenvalue weighted by molar-refractivity contribution is 9.11. The minimum atomic E-state index is -1.72. The van der Waals surface area contributed by atoms with Crippen LogP contribution in [-0.2, 0) is 9.16 Å². The molecule has 0 heterocycles.